The average Bonchev–Trinajstić information content (AvgIpc) is 3.15. The first-order valence-corrected chi connectivity index (χ1v) is 25.5. The van der Waals surface area contributed by atoms with E-state index in [1.165, 1.54) is 12.5 Å². The van der Waals surface area contributed by atoms with E-state index in [-0.39, 0.29) is 11.3 Å². The second-order valence-corrected chi connectivity index (χ2v) is 23.6. The Labute approximate surface area is 400 Å². The molecule has 0 amide bonds. The van der Waals surface area contributed by atoms with E-state index >= 15 is 0 Å². The fourth-order valence-electron chi connectivity index (χ4n) is 9.83. The lowest BCUT2D eigenvalue weighted by Crippen LogP contribution is -2.50. The lowest BCUT2D eigenvalue weighted by atomic mass is 9.70. The molecule has 1 aromatic rings. The molecular weight excluding hydrogens is 833 g/mol. The normalized spacial score (nSPS) is 23.0. The van der Waals surface area contributed by atoms with Gasteiger partial charge in [0, 0.05) is 11.1 Å². The Morgan fingerprint density at radius 1 is 0.500 bits per heavy atom. The van der Waals surface area contributed by atoms with Crippen LogP contribution in [-0.2, 0) is 0 Å². The third-order valence-corrected chi connectivity index (χ3v) is 14.6. The van der Waals surface area contributed by atoms with Crippen LogP contribution in [0.3, 0.4) is 0 Å². The Balaban J connectivity index is 1.63. The maximum Gasteiger partial charge on any atom is 0.195 e. The molecule has 0 saturated carbocycles. The number of allylic oxidation sites excluding steroid dienone is 4. The molecule has 66 heavy (non-hydrogen) atoms. The number of ketones is 2. The Bertz CT molecular complexity index is 1700. The van der Waals surface area contributed by atoms with E-state index in [2.05, 4.69) is 13.0 Å². The molecular formula is C56H96O10. The molecule has 1 aliphatic carbocycles. The summed E-state index contributed by atoms with van der Waals surface area (Å²) in [5.41, 5.74) is -4.71. The third kappa shape index (κ3) is 23.3. The van der Waals surface area contributed by atoms with E-state index in [0.717, 1.165) is 37.7 Å². The molecule has 0 fully saturated rings. The molecule has 10 nitrogen and oxygen atoms in total. The molecule has 0 aromatic heterocycles. The highest BCUT2D eigenvalue weighted by atomic mass is 16.3. The Kier molecular flexibility index (Phi) is 23.2. The van der Waals surface area contributed by atoms with Crippen LogP contribution in [0.15, 0.2) is 47.6 Å². The monoisotopic (exact) mass is 929 g/mol. The van der Waals surface area contributed by atoms with Crippen LogP contribution >= 0.6 is 0 Å². The van der Waals surface area contributed by atoms with Crippen molar-refractivity contribution in [3.8, 4) is 0 Å². The van der Waals surface area contributed by atoms with E-state index in [0.29, 0.717) is 128 Å². The molecule has 8 unspecified atom stereocenters. The lowest BCUT2D eigenvalue weighted by molar-refractivity contribution is -0.00781. The summed E-state index contributed by atoms with van der Waals surface area (Å²) in [5.74, 6) is -1.41. The molecule has 0 spiro atoms. The van der Waals surface area contributed by atoms with Gasteiger partial charge in [0.1, 0.15) is 5.60 Å². The van der Waals surface area contributed by atoms with Gasteiger partial charge in [0.05, 0.1) is 45.1 Å². The maximum atomic E-state index is 13.2. The summed E-state index contributed by atoms with van der Waals surface area (Å²) in [6.45, 7) is 20.1. The molecule has 0 bridgehead atoms. The largest absolute Gasteiger partial charge is 0.390 e. The average molecular weight is 929 g/mol. The van der Waals surface area contributed by atoms with Crippen molar-refractivity contribution in [1.82, 2.24) is 0 Å². The highest BCUT2D eigenvalue weighted by molar-refractivity contribution is 6.18. The van der Waals surface area contributed by atoms with E-state index in [1.807, 2.05) is 54.5 Å². The second kappa shape index (κ2) is 25.5. The number of hydrogen-bond acceptors (Lipinski definition) is 10. The van der Waals surface area contributed by atoms with Gasteiger partial charge in [0.15, 0.2) is 11.6 Å². The van der Waals surface area contributed by atoms with Crippen LogP contribution in [0.1, 0.15) is 251 Å². The van der Waals surface area contributed by atoms with Crippen molar-refractivity contribution >= 4 is 11.6 Å². The van der Waals surface area contributed by atoms with Gasteiger partial charge < -0.3 is 40.9 Å². The Morgan fingerprint density at radius 3 is 1.18 bits per heavy atom. The molecule has 2 rings (SSSR count). The minimum Gasteiger partial charge on any atom is -0.390 e. The minimum atomic E-state index is -1.74. The second-order valence-electron chi connectivity index (χ2n) is 23.6. The summed E-state index contributed by atoms with van der Waals surface area (Å²) in [5, 5.41) is 87.1. The van der Waals surface area contributed by atoms with E-state index in [4.69, 9.17) is 0 Å². The van der Waals surface area contributed by atoms with Gasteiger partial charge in [-0.25, -0.2) is 0 Å². The summed E-state index contributed by atoms with van der Waals surface area (Å²) in [6, 6.07) is 6.70. The van der Waals surface area contributed by atoms with Gasteiger partial charge in [-0.1, -0.05) is 47.6 Å². The first-order valence-electron chi connectivity index (χ1n) is 25.5. The number of carbonyl (C=O) groups excluding carboxylic acids is 2. The zero-order valence-electron chi connectivity index (χ0n) is 43.4. The Hall–Kier alpha value is -2.28. The molecule has 8 N–H and O–H groups in total. The number of rotatable bonds is 33. The molecule has 0 saturated heterocycles. The number of carbonyl (C=O) groups is 2. The molecule has 0 aliphatic heterocycles. The van der Waals surface area contributed by atoms with Gasteiger partial charge in [-0.2, -0.15) is 0 Å². The fraction of sp³-hybridized carbons (Fsp3) is 0.786. The quantitative estimate of drug-likeness (QED) is 0.0314. The van der Waals surface area contributed by atoms with Gasteiger partial charge in [-0.3, -0.25) is 9.59 Å². The van der Waals surface area contributed by atoms with Crippen LogP contribution in [0.5, 0.6) is 0 Å². The predicted octanol–water partition coefficient (Wildman–Crippen LogP) is 11.0. The summed E-state index contributed by atoms with van der Waals surface area (Å²) in [6.07, 6.45) is 19.5. The van der Waals surface area contributed by atoms with Crippen molar-refractivity contribution < 1.29 is 50.4 Å². The molecule has 380 valence electrons. The zero-order valence-corrected chi connectivity index (χ0v) is 43.4. The maximum absolute atomic E-state index is 13.2. The van der Waals surface area contributed by atoms with Crippen molar-refractivity contribution in [2.75, 3.05) is 0 Å². The van der Waals surface area contributed by atoms with Crippen LogP contribution in [0.2, 0.25) is 0 Å². The van der Waals surface area contributed by atoms with Crippen LogP contribution in [0.25, 0.3) is 0 Å². The van der Waals surface area contributed by atoms with E-state index in [9.17, 15) is 50.4 Å². The van der Waals surface area contributed by atoms with Crippen LogP contribution in [0, 0.1) is 5.92 Å². The number of fused-ring (bicyclic) bond motifs is 1. The summed E-state index contributed by atoms with van der Waals surface area (Å²) in [4.78, 5) is 26.1. The van der Waals surface area contributed by atoms with E-state index in [1.54, 1.807) is 38.1 Å². The zero-order chi connectivity index (χ0) is 50.3. The summed E-state index contributed by atoms with van der Waals surface area (Å²) in [7, 11) is 0. The number of Topliss-reactive ketones (excluding diaryl/α,β-unsaturated/α-hetero) is 2. The minimum absolute atomic E-state index is 0.196. The Morgan fingerprint density at radius 2 is 0.818 bits per heavy atom. The summed E-state index contributed by atoms with van der Waals surface area (Å²) >= 11 is 0. The first-order chi connectivity index (χ1) is 30.2. The number of aliphatic hydroxyl groups is 8. The third-order valence-electron chi connectivity index (χ3n) is 14.6. The predicted molar refractivity (Wildman–Crippen MR) is 268 cm³/mol. The highest BCUT2D eigenvalue weighted by Gasteiger charge is 2.48. The fourth-order valence-corrected chi connectivity index (χ4v) is 9.83. The van der Waals surface area contributed by atoms with Crippen molar-refractivity contribution in [3.05, 3.63) is 58.7 Å². The highest BCUT2D eigenvalue weighted by Crippen LogP contribution is 2.37. The number of hydrogen-bond donors (Lipinski definition) is 8. The van der Waals surface area contributed by atoms with Gasteiger partial charge >= 0.3 is 0 Å². The first kappa shape index (κ1) is 59.8. The standard InChI is InChI=1S/C56H96O10/c1-42(22-14-23-43(2)27-28-46-47(57)44-25-12-13-26-45(44)48(58)56(46,11)66)24-15-30-50(5,60)32-17-34-52(7,62)36-19-38-54(9,64)40-21-41-55(10,65)39-20-37-53(8,63)35-18-33-51(6,61)31-16-29-49(3,4)59/h12-13,22,25-27,46,59-66H,14-21,23-24,28-41H2,1-11H3/b42-22+,43-27+. The molecule has 0 heterocycles. The molecule has 8 atom stereocenters. The van der Waals surface area contributed by atoms with Crippen molar-refractivity contribution in [3.63, 3.8) is 0 Å². The van der Waals surface area contributed by atoms with Crippen LogP contribution < -0.4 is 0 Å². The number of benzene rings is 1. The van der Waals surface area contributed by atoms with Crippen molar-refractivity contribution in [1.29, 1.82) is 0 Å². The van der Waals surface area contributed by atoms with Gasteiger partial charge in [-0.15, -0.1) is 0 Å². The van der Waals surface area contributed by atoms with E-state index < -0.39 is 56.5 Å². The molecule has 10 heteroatoms. The van der Waals surface area contributed by atoms with Crippen LogP contribution in [0.4, 0.5) is 0 Å². The molecule has 0 radical (unpaired) electrons. The molecule has 1 aromatic carbocycles. The van der Waals surface area contributed by atoms with Gasteiger partial charge in [0.25, 0.3) is 0 Å². The van der Waals surface area contributed by atoms with Gasteiger partial charge in [-0.05, 0) is 230 Å². The molecule has 1 aliphatic rings. The lowest BCUT2D eigenvalue weighted by Gasteiger charge is -2.35. The smallest absolute Gasteiger partial charge is 0.195 e. The van der Waals surface area contributed by atoms with Crippen LogP contribution in [-0.4, -0.2) is 97.2 Å². The topological polar surface area (TPSA) is 196 Å². The van der Waals surface area contributed by atoms with Crippen molar-refractivity contribution in [2.45, 2.75) is 275 Å². The summed E-state index contributed by atoms with van der Waals surface area (Å²) < 4.78 is 0. The van der Waals surface area contributed by atoms with Gasteiger partial charge in [0.2, 0.25) is 0 Å². The SMILES string of the molecule is C/C(=C\CC1C(=O)c2ccccc2C(=O)C1(C)O)CC/C=C(\C)CCCC(C)(O)CCCC(C)(O)CCCC(C)(O)CCCC(C)(O)CCCC(C)(O)CCCC(C)(O)CCCC(C)(C)O. The van der Waals surface area contributed by atoms with Crippen molar-refractivity contribution in [2.24, 2.45) is 5.92 Å².